The Bertz CT molecular complexity index is 488. The number of halogens is 1. The molecule has 0 spiro atoms. The molecule has 18 heavy (non-hydrogen) atoms. The molecule has 0 aromatic heterocycles. The first-order valence-electron chi connectivity index (χ1n) is 6.37. The van der Waals surface area contributed by atoms with Crippen molar-refractivity contribution in [3.63, 3.8) is 0 Å². The minimum Gasteiger partial charge on any atom is -0.366 e. The molecule has 1 saturated heterocycles. The van der Waals surface area contributed by atoms with Gasteiger partial charge in [0, 0.05) is 28.7 Å². The second kappa shape index (κ2) is 4.93. The fraction of sp³-hybridized carbons (Fsp3) is 0.533. The van der Waals surface area contributed by atoms with Crippen LogP contribution in [0.2, 0.25) is 0 Å². The molecule has 1 heterocycles. The molecule has 1 aromatic carbocycles. The minimum atomic E-state index is 0.0655. The van der Waals surface area contributed by atoms with Crippen LogP contribution >= 0.6 is 15.9 Å². The zero-order valence-electron chi connectivity index (χ0n) is 11.2. The summed E-state index contributed by atoms with van der Waals surface area (Å²) in [7, 11) is 0. The highest BCUT2D eigenvalue weighted by atomic mass is 79.9. The number of nitrogens with zero attached hydrogens (tertiary/aromatic N) is 2. The molecular formula is C15H19BrN2. The summed E-state index contributed by atoms with van der Waals surface area (Å²) in [5.74, 6) is 0.464. The van der Waals surface area contributed by atoms with E-state index in [1.165, 1.54) is 11.3 Å². The van der Waals surface area contributed by atoms with E-state index in [1.54, 1.807) is 0 Å². The van der Waals surface area contributed by atoms with E-state index >= 15 is 0 Å². The summed E-state index contributed by atoms with van der Waals surface area (Å²) in [6.07, 6.45) is 1.76. The Hall–Kier alpha value is -1.01. The largest absolute Gasteiger partial charge is 0.366 e. The van der Waals surface area contributed by atoms with Gasteiger partial charge in [-0.05, 0) is 56.9 Å². The smallest absolute Gasteiger partial charge is 0.0625 e. The maximum atomic E-state index is 8.92. The van der Waals surface area contributed by atoms with Crippen LogP contribution in [-0.4, -0.2) is 12.1 Å². The fourth-order valence-electron chi connectivity index (χ4n) is 2.87. The summed E-state index contributed by atoms with van der Waals surface area (Å²) in [6, 6.07) is 8.82. The van der Waals surface area contributed by atoms with Crippen LogP contribution in [0, 0.1) is 24.2 Å². The Morgan fingerprint density at radius 2 is 2.22 bits per heavy atom. The molecule has 0 bridgehead atoms. The van der Waals surface area contributed by atoms with Gasteiger partial charge in [0.25, 0.3) is 0 Å². The molecule has 0 radical (unpaired) electrons. The lowest BCUT2D eigenvalue weighted by molar-refractivity contribution is 0.371. The molecule has 1 fully saturated rings. The molecular weight excluding hydrogens is 288 g/mol. The summed E-state index contributed by atoms with van der Waals surface area (Å²) in [5, 5.41) is 8.92. The quantitative estimate of drug-likeness (QED) is 0.815. The van der Waals surface area contributed by atoms with E-state index in [9.17, 15) is 0 Å². The Morgan fingerprint density at radius 3 is 2.83 bits per heavy atom. The zero-order valence-corrected chi connectivity index (χ0v) is 12.8. The molecule has 1 aliphatic heterocycles. The number of aryl methyl sites for hydroxylation is 1. The molecule has 0 N–H and O–H groups in total. The number of anilines is 1. The van der Waals surface area contributed by atoms with Gasteiger partial charge in [-0.25, -0.2) is 0 Å². The summed E-state index contributed by atoms with van der Waals surface area (Å²) in [4.78, 5) is 2.44. The summed E-state index contributed by atoms with van der Waals surface area (Å²) < 4.78 is 1.15. The Balaban J connectivity index is 2.29. The van der Waals surface area contributed by atoms with Crippen LogP contribution in [0.3, 0.4) is 0 Å². The van der Waals surface area contributed by atoms with Gasteiger partial charge in [-0.2, -0.15) is 5.26 Å². The Kier molecular flexibility index (Phi) is 3.68. The molecule has 1 unspecified atom stereocenters. The maximum Gasteiger partial charge on any atom is 0.0625 e. The van der Waals surface area contributed by atoms with Crippen molar-refractivity contribution in [2.75, 3.05) is 11.4 Å². The van der Waals surface area contributed by atoms with Gasteiger partial charge in [0.1, 0.15) is 0 Å². The van der Waals surface area contributed by atoms with E-state index in [4.69, 9.17) is 5.26 Å². The fourth-order valence-corrected chi connectivity index (χ4v) is 3.11. The highest BCUT2D eigenvalue weighted by molar-refractivity contribution is 9.10. The van der Waals surface area contributed by atoms with Crippen molar-refractivity contribution in [2.45, 2.75) is 39.2 Å². The zero-order chi connectivity index (χ0) is 13.3. The molecule has 1 atom stereocenters. The van der Waals surface area contributed by atoms with Crippen molar-refractivity contribution >= 4 is 21.6 Å². The molecule has 96 valence electrons. The van der Waals surface area contributed by atoms with Crippen molar-refractivity contribution in [1.82, 2.24) is 0 Å². The average Bonchev–Trinajstić information content (AvgIpc) is 2.60. The van der Waals surface area contributed by atoms with Gasteiger partial charge in [-0.15, -0.1) is 0 Å². The van der Waals surface area contributed by atoms with Crippen LogP contribution in [-0.2, 0) is 0 Å². The van der Waals surface area contributed by atoms with E-state index in [-0.39, 0.29) is 5.54 Å². The lowest BCUT2D eigenvalue weighted by atomic mass is 9.86. The number of benzene rings is 1. The first kappa shape index (κ1) is 13.4. The highest BCUT2D eigenvalue weighted by Gasteiger charge is 2.40. The first-order valence-corrected chi connectivity index (χ1v) is 7.17. The van der Waals surface area contributed by atoms with Gasteiger partial charge < -0.3 is 4.90 Å². The van der Waals surface area contributed by atoms with Crippen LogP contribution in [0.4, 0.5) is 5.69 Å². The van der Waals surface area contributed by atoms with Crippen molar-refractivity contribution in [3.8, 4) is 6.07 Å². The third-order valence-electron chi connectivity index (χ3n) is 4.19. The average molecular weight is 307 g/mol. The van der Waals surface area contributed by atoms with Gasteiger partial charge in [-0.1, -0.05) is 15.9 Å². The van der Waals surface area contributed by atoms with Crippen molar-refractivity contribution in [2.24, 2.45) is 5.92 Å². The number of hydrogen-bond donors (Lipinski definition) is 0. The monoisotopic (exact) mass is 306 g/mol. The van der Waals surface area contributed by atoms with Gasteiger partial charge in [0.05, 0.1) is 6.07 Å². The lowest BCUT2D eigenvalue weighted by Gasteiger charge is -2.37. The van der Waals surface area contributed by atoms with Gasteiger partial charge in [-0.3, -0.25) is 0 Å². The van der Waals surface area contributed by atoms with E-state index in [1.807, 2.05) is 0 Å². The highest BCUT2D eigenvalue weighted by Crippen LogP contribution is 2.40. The van der Waals surface area contributed by atoms with Gasteiger partial charge >= 0.3 is 0 Å². The van der Waals surface area contributed by atoms with Crippen LogP contribution in [0.15, 0.2) is 22.7 Å². The first-order chi connectivity index (χ1) is 8.46. The van der Waals surface area contributed by atoms with Crippen LogP contribution < -0.4 is 4.90 Å². The second-order valence-corrected chi connectivity index (χ2v) is 6.44. The third-order valence-corrected chi connectivity index (χ3v) is 5.08. The molecule has 2 rings (SSSR count). The van der Waals surface area contributed by atoms with Crippen LogP contribution in [0.1, 0.15) is 32.3 Å². The predicted molar refractivity (Wildman–Crippen MR) is 78.6 cm³/mol. The lowest BCUT2D eigenvalue weighted by Crippen LogP contribution is -2.42. The van der Waals surface area contributed by atoms with E-state index in [2.05, 4.69) is 65.9 Å². The maximum absolute atomic E-state index is 8.92. The summed E-state index contributed by atoms with van der Waals surface area (Å²) in [5.41, 5.74) is 2.59. The molecule has 1 aromatic rings. The van der Waals surface area contributed by atoms with Crippen LogP contribution in [0.5, 0.6) is 0 Å². The Morgan fingerprint density at radius 1 is 1.50 bits per heavy atom. The van der Waals surface area contributed by atoms with Crippen molar-refractivity contribution in [1.29, 1.82) is 5.26 Å². The van der Waals surface area contributed by atoms with Crippen molar-refractivity contribution < 1.29 is 0 Å². The van der Waals surface area contributed by atoms with E-state index < -0.39 is 0 Å². The van der Waals surface area contributed by atoms with E-state index in [0.717, 1.165) is 17.4 Å². The normalized spacial score (nSPS) is 21.9. The van der Waals surface area contributed by atoms with Gasteiger partial charge in [0.2, 0.25) is 0 Å². The molecule has 0 saturated carbocycles. The SMILES string of the molecule is Cc1cc(N2CCC(CC#N)C2(C)C)ccc1Br. The third kappa shape index (κ3) is 2.27. The number of nitriles is 1. The molecule has 0 amide bonds. The Labute approximate surface area is 118 Å². The topological polar surface area (TPSA) is 27.0 Å². The van der Waals surface area contributed by atoms with Gasteiger partial charge in [0.15, 0.2) is 0 Å². The standard InChI is InChI=1S/C15H19BrN2/c1-11-10-13(4-5-14(11)16)18-9-7-12(6-8-17)15(18,2)3/h4-5,10,12H,6-7,9H2,1-3H3. The number of hydrogen-bond acceptors (Lipinski definition) is 2. The second-order valence-electron chi connectivity index (χ2n) is 5.59. The van der Waals surface area contributed by atoms with Crippen LogP contribution in [0.25, 0.3) is 0 Å². The number of rotatable bonds is 2. The van der Waals surface area contributed by atoms with Crippen molar-refractivity contribution in [3.05, 3.63) is 28.2 Å². The predicted octanol–water partition coefficient (Wildman–Crippen LogP) is 4.28. The summed E-state index contributed by atoms with van der Waals surface area (Å²) in [6.45, 7) is 7.66. The molecule has 2 nitrogen and oxygen atoms in total. The minimum absolute atomic E-state index is 0.0655. The molecule has 3 heteroatoms. The molecule has 1 aliphatic rings. The van der Waals surface area contributed by atoms with E-state index in [0.29, 0.717) is 12.3 Å². The molecule has 0 aliphatic carbocycles. The summed E-state index contributed by atoms with van der Waals surface area (Å²) >= 11 is 3.54.